The third-order valence-corrected chi connectivity index (χ3v) is 5.38. The average molecular weight is 335 g/mol. The summed E-state index contributed by atoms with van der Waals surface area (Å²) in [5.41, 5.74) is 4.88. The number of fused-ring (bicyclic) bond motifs is 1. The number of aromatic nitrogens is 2. The first-order chi connectivity index (χ1) is 12.3. The molecule has 0 bridgehead atoms. The van der Waals surface area contributed by atoms with E-state index >= 15 is 0 Å². The summed E-state index contributed by atoms with van der Waals surface area (Å²) in [4.78, 5) is 7.32. The molecule has 0 atom stereocenters. The van der Waals surface area contributed by atoms with E-state index < -0.39 is 0 Å². The SMILES string of the molecule is Cc1ccccc1Cn1c(N2CCC(CO)CC2)nc2ccccc21. The Labute approximate surface area is 148 Å². The van der Waals surface area contributed by atoms with E-state index in [9.17, 15) is 5.11 Å². The summed E-state index contributed by atoms with van der Waals surface area (Å²) >= 11 is 0. The number of piperidine rings is 1. The quantitative estimate of drug-likeness (QED) is 0.792. The molecule has 2 aromatic carbocycles. The van der Waals surface area contributed by atoms with Gasteiger partial charge in [-0.3, -0.25) is 0 Å². The number of benzene rings is 2. The van der Waals surface area contributed by atoms with Gasteiger partial charge in [-0.05, 0) is 48.9 Å². The van der Waals surface area contributed by atoms with Crippen molar-refractivity contribution in [2.45, 2.75) is 26.3 Å². The highest BCUT2D eigenvalue weighted by atomic mass is 16.3. The number of aliphatic hydroxyl groups excluding tert-OH is 1. The summed E-state index contributed by atoms with van der Waals surface area (Å²) in [7, 11) is 0. The zero-order valence-electron chi connectivity index (χ0n) is 14.7. The van der Waals surface area contributed by atoms with Crippen molar-refractivity contribution in [1.82, 2.24) is 9.55 Å². The first kappa shape index (κ1) is 16.2. The first-order valence-electron chi connectivity index (χ1n) is 9.12. The molecule has 25 heavy (non-hydrogen) atoms. The van der Waals surface area contributed by atoms with Crippen LogP contribution in [-0.4, -0.2) is 34.4 Å². The smallest absolute Gasteiger partial charge is 0.206 e. The number of aryl methyl sites for hydroxylation is 1. The second kappa shape index (κ2) is 6.89. The largest absolute Gasteiger partial charge is 0.396 e. The first-order valence-corrected chi connectivity index (χ1v) is 9.12. The van der Waals surface area contributed by atoms with Crippen molar-refractivity contribution >= 4 is 17.0 Å². The molecule has 1 aliphatic rings. The van der Waals surface area contributed by atoms with E-state index in [1.54, 1.807) is 0 Å². The molecular formula is C21H25N3O. The number of aliphatic hydroxyl groups is 1. The highest BCUT2D eigenvalue weighted by molar-refractivity contribution is 5.79. The molecule has 4 nitrogen and oxygen atoms in total. The summed E-state index contributed by atoms with van der Waals surface area (Å²) in [6.07, 6.45) is 2.06. The Kier molecular flexibility index (Phi) is 4.45. The van der Waals surface area contributed by atoms with Crippen LogP contribution in [0.1, 0.15) is 24.0 Å². The van der Waals surface area contributed by atoms with E-state index in [4.69, 9.17) is 4.98 Å². The molecule has 0 saturated carbocycles. The zero-order chi connectivity index (χ0) is 17.2. The summed E-state index contributed by atoms with van der Waals surface area (Å²) in [6, 6.07) is 16.9. The van der Waals surface area contributed by atoms with Crippen LogP contribution in [0.25, 0.3) is 11.0 Å². The molecule has 4 rings (SSSR count). The molecule has 0 unspecified atom stereocenters. The number of nitrogens with zero attached hydrogens (tertiary/aromatic N) is 3. The Morgan fingerprint density at radius 3 is 2.52 bits per heavy atom. The number of anilines is 1. The van der Waals surface area contributed by atoms with Crippen molar-refractivity contribution in [3.8, 4) is 0 Å². The monoisotopic (exact) mass is 335 g/mol. The lowest BCUT2D eigenvalue weighted by Gasteiger charge is -2.32. The third kappa shape index (κ3) is 3.14. The van der Waals surface area contributed by atoms with Crippen LogP contribution in [-0.2, 0) is 6.54 Å². The molecule has 1 saturated heterocycles. The molecule has 1 fully saturated rings. The fourth-order valence-corrected chi connectivity index (χ4v) is 3.73. The van der Waals surface area contributed by atoms with Gasteiger partial charge in [-0.2, -0.15) is 0 Å². The third-order valence-electron chi connectivity index (χ3n) is 5.38. The molecule has 1 aromatic heterocycles. The Morgan fingerprint density at radius 2 is 1.76 bits per heavy atom. The lowest BCUT2D eigenvalue weighted by Crippen LogP contribution is -2.36. The average Bonchev–Trinajstić information content (AvgIpc) is 3.02. The predicted octanol–water partition coefficient (Wildman–Crippen LogP) is 3.60. The van der Waals surface area contributed by atoms with Crippen LogP contribution in [0.15, 0.2) is 48.5 Å². The number of rotatable bonds is 4. The second-order valence-electron chi connectivity index (χ2n) is 7.03. The zero-order valence-corrected chi connectivity index (χ0v) is 14.7. The van der Waals surface area contributed by atoms with Crippen molar-refractivity contribution in [2.24, 2.45) is 5.92 Å². The van der Waals surface area contributed by atoms with E-state index in [1.807, 2.05) is 0 Å². The molecule has 1 N–H and O–H groups in total. The minimum atomic E-state index is 0.299. The molecule has 0 amide bonds. The summed E-state index contributed by atoms with van der Waals surface area (Å²) in [5.74, 6) is 1.49. The van der Waals surface area contributed by atoms with Gasteiger partial charge in [0.15, 0.2) is 0 Å². The van der Waals surface area contributed by atoms with Crippen LogP contribution < -0.4 is 4.90 Å². The van der Waals surface area contributed by atoms with Crippen LogP contribution in [0.2, 0.25) is 0 Å². The molecule has 2 heterocycles. The van der Waals surface area contributed by atoms with Crippen LogP contribution in [0.5, 0.6) is 0 Å². The van der Waals surface area contributed by atoms with E-state index in [-0.39, 0.29) is 0 Å². The Balaban J connectivity index is 1.73. The van der Waals surface area contributed by atoms with Crippen LogP contribution in [0.3, 0.4) is 0 Å². The lowest BCUT2D eigenvalue weighted by molar-refractivity contribution is 0.202. The minimum Gasteiger partial charge on any atom is -0.396 e. The molecule has 0 spiro atoms. The van der Waals surface area contributed by atoms with Crippen molar-refractivity contribution < 1.29 is 5.11 Å². The van der Waals surface area contributed by atoms with Crippen molar-refractivity contribution in [3.05, 3.63) is 59.7 Å². The maximum atomic E-state index is 9.40. The Bertz CT molecular complexity index is 862. The predicted molar refractivity (Wildman–Crippen MR) is 102 cm³/mol. The van der Waals surface area contributed by atoms with Gasteiger partial charge in [0, 0.05) is 19.7 Å². The molecule has 4 heteroatoms. The number of hydrogen-bond acceptors (Lipinski definition) is 3. The van der Waals surface area contributed by atoms with E-state index in [1.165, 1.54) is 16.6 Å². The van der Waals surface area contributed by atoms with Gasteiger partial charge in [0.2, 0.25) is 5.95 Å². The standard InChI is InChI=1S/C21H25N3O/c1-16-6-2-3-7-18(16)14-24-20-9-5-4-8-19(20)22-21(24)23-12-10-17(15-25)11-13-23/h2-9,17,25H,10-15H2,1H3. The lowest BCUT2D eigenvalue weighted by atomic mass is 9.98. The highest BCUT2D eigenvalue weighted by Crippen LogP contribution is 2.28. The van der Waals surface area contributed by atoms with Crippen LogP contribution in [0.4, 0.5) is 5.95 Å². The van der Waals surface area contributed by atoms with Gasteiger partial charge in [-0.25, -0.2) is 4.98 Å². The van der Waals surface area contributed by atoms with Gasteiger partial charge in [0.25, 0.3) is 0 Å². The second-order valence-corrected chi connectivity index (χ2v) is 7.03. The van der Waals surface area contributed by atoms with E-state index in [2.05, 4.69) is 64.9 Å². The van der Waals surface area contributed by atoms with Crippen LogP contribution in [0, 0.1) is 12.8 Å². The molecule has 3 aromatic rings. The maximum absolute atomic E-state index is 9.40. The molecule has 1 aliphatic heterocycles. The van der Waals surface area contributed by atoms with Gasteiger partial charge in [0.1, 0.15) is 0 Å². The minimum absolute atomic E-state index is 0.299. The van der Waals surface area contributed by atoms with Crippen molar-refractivity contribution in [3.63, 3.8) is 0 Å². The summed E-state index contributed by atoms with van der Waals surface area (Å²) in [6.45, 7) is 5.22. The molecular weight excluding hydrogens is 310 g/mol. The van der Waals surface area contributed by atoms with Gasteiger partial charge >= 0.3 is 0 Å². The summed E-state index contributed by atoms with van der Waals surface area (Å²) in [5, 5.41) is 9.40. The van der Waals surface area contributed by atoms with Gasteiger partial charge in [-0.1, -0.05) is 36.4 Å². The Morgan fingerprint density at radius 1 is 1.04 bits per heavy atom. The van der Waals surface area contributed by atoms with Crippen molar-refractivity contribution in [1.29, 1.82) is 0 Å². The normalized spacial score (nSPS) is 15.8. The van der Waals surface area contributed by atoms with E-state index in [0.717, 1.165) is 43.9 Å². The summed E-state index contributed by atoms with van der Waals surface area (Å²) < 4.78 is 2.34. The number of hydrogen-bond donors (Lipinski definition) is 1. The van der Waals surface area contributed by atoms with Gasteiger partial charge in [0.05, 0.1) is 17.6 Å². The fraction of sp³-hybridized carbons (Fsp3) is 0.381. The van der Waals surface area contributed by atoms with Crippen LogP contribution >= 0.6 is 0 Å². The van der Waals surface area contributed by atoms with Gasteiger partial charge < -0.3 is 14.6 Å². The number of para-hydroxylation sites is 2. The number of imidazole rings is 1. The molecule has 130 valence electrons. The van der Waals surface area contributed by atoms with E-state index in [0.29, 0.717) is 12.5 Å². The topological polar surface area (TPSA) is 41.3 Å². The fourth-order valence-electron chi connectivity index (χ4n) is 3.73. The Hall–Kier alpha value is -2.33. The maximum Gasteiger partial charge on any atom is 0.206 e. The van der Waals surface area contributed by atoms with Crippen molar-refractivity contribution in [2.75, 3.05) is 24.6 Å². The molecule has 0 aliphatic carbocycles. The van der Waals surface area contributed by atoms with Gasteiger partial charge in [-0.15, -0.1) is 0 Å². The highest BCUT2D eigenvalue weighted by Gasteiger charge is 2.23. The molecule has 0 radical (unpaired) electrons.